The third-order valence-electron chi connectivity index (χ3n) is 8.54. The lowest BCUT2D eigenvalue weighted by atomic mass is 9.75. The van der Waals surface area contributed by atoms with Gasteiger partial charge < -0.3 is 40.7 Å². The summed E-state index contributed by atoms with van der Waals surface area (Å²) in [5.74, 6) is -0.147. The molecule has 1 unspecified atom stereocenters. The van der Waals surface area contributed by atoms with Crippen molar-refractivity contribution in [3.63, 3.8) is 0 Å². The first-order valence-corrected chi connectivity index (χ1v) is 13.1. The van der Waals surface area contributed by atoms with E-state index in [9.17, 15) is 25.4 Å². The predicted molar refractivity (Wildman–Crippen MR) is 147 cm³/mol. The SMILES string of the molecule is COc1c(C)cc2c(c1O)[C@@H]1C3=Cc4c(O)c(C)c(OC)c(O)c4[C@H](CNC(=O)[C@H](C)N)N3C(C#N)[C@H](C2)N1C. The van der Waals surface area contributed by atoms with E-state index in [1.165, 1.54) is 14.2 Å². The molecule has 1 fully saturated rings. The number of hydrogen-bond donors (Lipinski definition) is 5. The van der Waals surface area contributed by atoms with Crippen molar-refractivity contribution < 1.29 is 29.6 Å². The Hall–Kier alpha value is -4.14. The Kier molecular flexibility index (Phi) is 6.72. The quantitative estimate of drug-likeness (QED) is 0.349. The number of carbonyl (C=O) groups excluding carboxylic acids is 1. The summed E-state index contributed by atoms with van der Waals surface area (Å²) in [6.45, 7) is 5.08. The Morgan fingerprint density at radius 3 is 2.42 bits per heavy atom. The van der Waals surface area contributed by atoms with Crippen LogP contribution in [0.5, 0.6) is 28.7 Å². The van der Waals surface area contributed by atoms with Gasteiger partial charge in [0.15, 0.2) is 23.0 Å². The first kappa shape index (κ1) is 27.4. The molecular formula is C29H35N5O6. The largest absolute Gasteiger partial charge is 0.507 e. The van der Waals surface area contributed by atoms with E-state index < -0.39 is 30.1 Å². The summed E-state index contributed by atoms with van der Waals surface area (Å²) in [5.41, 5.74) is 9.85. The smallest absolute Gasteiger partial charge is 0.236 e. The number of phenolic OH excluding ortho intramolecular Hbond substituents is 3. The fourth-order valence-electron chi connectivity index (χ4n) is 6.66. The molecule has 0 aliphatic carbocycles. The minimum Gasteiger partial charge on any atom is -0.507 e. The first-order chi connectivity index (χ1) is 19.0. The van der Waals surface area contributed by atoms with Gasteiger partial charge in [-0.2, -0.15) is 5.26 Å². The van der Waals surface area contributed by atoms with Crippen LogP contribution in [-0.4, -0.2) is 77.0 Å². The highest BCUT2D eigenvalue weighted by molar-refractivity contribution is 5.81. The molecule has 3 aliphatic heterocycles. The van der Waals surface area contributed by atoms with Gasteiger partial charge in [-0.1, -0.05) is 6.07 Å². The summed E-state index contributed by atoms with van der Waals surface area (Å²) in [5, 5.41) is 47.5. The first-order valence-electron chi connectivity index (χ1n) is 13.1. The van der Waals surface area contributed by atoms with E-state index >= 15 is 0 Å². The van der Waals surface area contributed by atoms with E-state index in [4.69, 9.17) is 15.2 Å². The molecule has 2 bridgehead atoms. The molecule has 5 rings (SSSR count). The Balaban J connectivity index is 1.81. The summed E-state index contributed by atoms with van der Waals surface area (Å²) in [7, 11) is 4.82. The molecule has 0 radical (unpaired) electrons. The average molecular weight is 550 g/mol. The molecule has 5 atom stereocenters. The molecular weight excluding hydrogens is 514 g/mol. The highest BCUT2D eigenvalue weighted by Crippen LogP contribution is 2.57. The highest BCUT2D eigenvalue weighted by atomic mass is 16.5. The van der Waals surface area contributed by atoms with Crippen molar-refractivity contribution in [1.82, 2.24) is 15.1 Å². The fourth-order valence-corrected chi connectivity index (χ4v) is 6.66. The lowest BCUT2D eigenvalue weighted by Crippen LogP contribution is -2.62. The van der Waals surface area contributed by atoms with Crippen LogP contribution < -0.4 is 20.5 Å². The second-order valence-corrected chi connectivity index (χ2v) is 10.8. The molecule has 3 heterocycles. The van der Waals surface area contributed by atoms with Gasteiger partial charge in [0.25, 0.3) is 0 Å². The molecule has 0 saturated carbocycles. The van der Waals surface area contributed by atoms with Gasteiger partial charge in [-0.25, -0.2) is 0 Å². The van der Waals surface area contributed by atoms with E-state index in [0.29, 0.717) is 40.1 Å². The van der Waals surface area contributed by atoms with Crippen LogP contribution in [0.2, 0.25) is 0 Å². The monoisotopic (exact) mass is 549 g/mol. The number of piperazine rings is 1. The Labute approximate surface area is 233 Å². The molecule has 11 heteroatoms. The molecule has 1 saturated heterocycles. The molecule has 212 valence electrons. The predicted octanol–water partition coefficient (Wildman–Crippen LogP) is 2.10. The van der Waals surface area contributed by atoms with Crippen LogP contribution in [0.3, 0.4) is 0 Å². The van der Waals surface area contributed by atoms with E-state index in [1.807, 2.05) is 24.9 Å². The van der Waals surface area contributed by atoms with Crippen molar-refractivity contribution in [2.24, 2.45) is 5.73 Å². The third kappa shape index (κ3) is 3.74. The van der Waals surface area contributed by atoms with E-state index in [-0.39, 0.29) is 35.6 Å². The van der Waals surface area contributed by atoms with E-state index in [0.717, 1.165) is 11.1 Å². The van der Waals surface area contributed by atoms with Crippen LogP contribution >= 0.6 is 0 Å². The zero-order valence-electron chi connectivity index (χ0n) is 23.4. The van der Waals surface area contributed by atoms with Crippen molar-refractivity contribution in [3.05, 3.63) is 45.1 Å². The second kappa shape index (κ2) is 9.80. The molecule has 40 heavy (non-hydrogen) atoms. The zero-order chi connectivity index (χ0) is 29.2. The molecule has 6 N–H and O–H groups in total. The van der Waals surface area contributed by atoms with Crippen LogP contribution in [0.1, 0.15) is 52.4 Å². The van der Waals surface area contributed by atoms with Crippen LogP contribution in [0.25, 0.3) is 6.08 Å². The third-order valence-corrected chi connectivity index (χ3v) is 8.54. The van der Waals surface area contributed by atoms with Gasteiger partial charge >= 0.3 is 0 Å². The number of ether oxygens (including phenoxy) is 2. The van der Waals surface area contributed by atoms with Gasteiger partial charge in [0.2, 0.25) is 5.91 Å². The highest BCUT2D eigenvalue weighted by Gasteiger charge is 2.53. The number of carbonyl (C=O) groups is 1. The zero-order valence-corrected chi connectivity index (χ0v) is 23.4. The number of phenols is 3. The number of aryl methyl sites for hydroxylation is 1. The van der Waals surface area contributed by atoms with Crippen molar-refractivity contribution in [1.29, 1.82) is 5.26 Å². The number of rotatable bonds is 5. The molecule has 0 spiro atoms. The lowest BCUT2D eigenvalue weighted by Gasteiger charge is -2.57. The minimum absolute atomic E-state index is 0.00131. The summed E-state index contributed by atoms with van der Waals surface area (Å²) < 4.78 is 11.0. The molecule has 2 aromatic carbocycles. The van der Waals surface area contributed by atoms with Gasteiger partial charge in [0, 0.05) is 40.5 Å². The number of fused-ring (bicyclic) bond motifs is 7. The minimum atomic E-state index is -0.772. The van der Waals surface area contributed by atoms with Crippen LogP contribution in [0, 0.1) is 25.2 Å². The number of nitrogens with two attached hydrogens (primary N) is 1. The number of likely N-dealkylation sites (N-methyl/N-ethyl adjacent to an activating group) is 1. The Morgan fingerprint density at radius 1 is 1.18 bits per heavy atom. The molecule has 2 aromatic rings. The summed E-state index contributed by atoms with van der Waals surface area (Å²) >= 11 is 0. The Morgan fingerprint density at radius 2 is 1.82 bits per heavy atom. The topological polar surface area (TPSA) is 165 Å². The van der Waals surface area contributed by atoms with Crippen molar-refractivity contribution in [2.45, 2.75) is 57.4 Å². The van der Waals surface area contributed by atoms with Crippen molar-refractivity contribution >= 4 is 12.0 Å². The number of nitriles is 1. The summed E-state index contributed by atoms with van der Waals surface area (Å²) in [4.78, 5) is 16.5. The van der Waals surface area contributed by atoms with Crippen LogP contribution in [0.4, 0.5) is 0 Å². The maximum atomic E-state index is 12.6. The molecule has 3 aliphatic rings. The Bertz CT molecular complexity index is 1480. The molecule has 11 nitrogen and oxygen atoms in total. The number of hydrogen-bond acceptors (Lipinski definition) is 10. The van der Waals surface area contributed by atoms with Crippen molar-refractivity contribution in [2.75, 3.05) is 27.8 Å². The lowest BCUT2D eigenvalue weighted by molar-refractivity contribution is -0.122. The number of methoxy groups -OCH3 is 2. The average Bonchev–Trinajstić information content (AvgIpc) is 2.91. The van der Waals surface area contributed by atoms with Gasteiger partial charge in [0.1, 0.15) is 11.8 Å². The van der Waals surface area contributed by atoms with Gasteiger partial charge in [0.05, 0.1) is 38.4 Å². The van der Waals surface area contributed by atoms with Gasteiger partial charge in [-0.15, -0.1) is 0 Å². The van der Waals surface area contributed by atoms with Gasteiger partial charge in [-0.3, -0.25) is 9.69 Å². The maximum absolute atomic E-state index is 12.6. The normalized spacial score (nSPS) is 23.6. The standard InChI is InChI=1S/C29H35N5O6/c1-12-7-15-8-17-19(10-30)34-18(23(33(17)4)21(15)25(36)27(12)39-5)9-16-22(20(34)11-32-29(38)14(3)31)26(37)28(40-6)13(2)24(16)35/h7,9,14,17,19-20,23,35-37H,8,11,31H2,1-6H3,(H,32,38)/t14-,17-,19?,20-,23-/m0/s1. The maximum Gasteiger partial charge on any atom is 0.236 e. The van der Waals surface area contributed by atoms with Gasteiger partial charge in [-0.05, 0) is 51.4 Å². The number of aromatic hydroxyl groups is 3. The molecule has 1 amide bonds. The van der Waals surface area contributed by atoms with E-state index in [2.05, 4.69) is 16.3 Å². The summed E-state index contributed by atoms with van der Waals surface area (Å²) in [6.07, 6.45) is 2.24. The number of nitrogens with one attached hydrogen (secondary N) is 1. The van der Waals surface area contributed by atoms with Crippen LogP contribution in [0.15, 0.2) is 11.8 Å². The fraction of sp³-hybridized carbons (Fsp3) is 0.448. The second-order valence-electron chi connectivity index (χ2n) is 10.8. The van der Waals surface area contributed by atoms with Crippen LogP contribution in [-0.2, 0) is 11.2 Å². The number of amides is 1. The number of nitrogens with zero attached hydrogens (tertiary/aromatic N) is 3. The molecule has 0 aromatic heterocycles. The van der Waals surface area contributed by atoms with Crippen molar-refractivity contribution in [3.8, 4) is 34.8 Å². The summed E-state index contributed by atoms with van der Waals surface area (Å²) in [6, 6.07) is 1.45. The number of benzene rings is 2. The van der Waals surface area contributed by atoms with E-state index in [1.54, 1.807) is 19.9 Å².